The number of aromatic nitrogens is 1. The molecule has 0 bridgehead atoms. The van der Waals surface area contributed by atoms with Crippen molar-refractivity contribution in [3.05, 3.63) is 102 Å². The Balaban J connectivity index is 1.41. The third-order valence-electron chi connectivity index (χ3n) is 7.82. The first kappa shape index (κ1) is 20.5. The van der Waals surface area contributed by atoms with Crippen LogP contribution in [0.1, 0.15) is 25.0 Å². The fourth-order valence-corrected chi connectivity index (χ4v) is 5.95. The van der Waals surface area contributed by atoms with Crippen LogP contribution >= 0.6 is 0 Å². The topological polar surface area (TPSA) is 56.2 Å². The van der Waals surface area contributed by atoms with Gasteiger partial charge in [-0.1, -0.05) is 80.6 Å². The van der Waals surface area contributed by atoms with Gasteiger partial charge in [-0.3, -0.25) is 0 Å². The second kappa shape index (κ2) is 7.08. The summed E-state index contributed by atoms with van der Waals surface area (Å²) in [4.78, 5) is 3.59. The molecule has 3 nitrogen and oxygen atoms in total. The van der Waals surface area contributed by atoms with E-state index in [0.717, 1.165) is 16.6 Å². The average molecular weight is 453 g/mol. The van der Waals surface area contributed by atoms with E-state index >= 15 is 0 Å². The molecule has 168 valence electrons. The maximum Gasteiger partial charge on any atom is 0.488 e. The SMILES string of the molecule is CC1(C)c2cc(B(O)O)ccc2-c2ccc(-c3ccc4[nH]c5ccc6ccccc6c5c4c3)cc21. The predicted octanol–water partition coefficient (Wildman–Crippen LogP) is 6.13. The third kappa shape index (κ3) is 2.87. The highest BCUT2D eigenvalue weighted by molar-refractivity contribution is 6.58. The zero-order chi connectivity index (χ0) is 23.9. The second-order valence-corrected chi connectivity index (χ2v) is 10.2. The predicted molar refractivity (Wildman–Crippen MR) is 146 cm³/mol. The van der Waals surface area contributed by atoms with E-state index in [2.05, 4.69) is 91.6 Å². The van der Waals surface area contributed by atoms with Gasteiger partial charge in [-0.2, -0.15) is 0 Å². The molecule has 35 heavy (non-hydrogen) atoms. The van der Waals surface area contributed by atoms with Crippen LogP contribution < -0.4 is 5.46 Å². The van der Waals surface area contributed by atoms with Gasteiger partial charge in [-0.05, 0) is 73.9 Å². The van der Waals surface area contributed by atoms with Gasteiger partial charge in [-0.15, -0.1) is 0 Å². The van der Waals surface area contributed by atoms with Crippen molar-refractivity contribution < 1.29 is 10.0 Å². The van der Waals surface area contributed by atoms with E-state index in [1.54, 1.807) is 6.07 Å². The number of nitrogens with one attached hydrogen (secondary N) is 1. The Morgan fingerprint density at radius 3 is 2.17 bits per heavy atom. The highest BCUT2D eigenvalue weighted by Gasteiger charge is 2.36. The maximum absolute atomic E-state index is 9.70. The Labute approximate surface area is 203 Å². The summed E-state index contributed by atoms with van der Waals surface area (Å²) in [6, 6.07) is 32.0. The molecule has 4 heteroatoms. The Bertz CT molecular complexity index is 1810. The smallest absolute Gasteiger partial charge is 0.423 e. The number of hydrogen-bond acceptors (Lipinski definition) is 2. The molecule has 0 saturated carbocycles. The molecule has 0 amide bonds. The van der Waals surface area contributed by atoms with Crippen molar-refractivity contribution in [2.75, 3.05) is 0 Å². The van der Waals surface area contributed by atoms with E-state index in [-0.39, 0.29) is 5.41 Å². The van der Waals surface area contributed by atoms with E-state index in [9.17, 15) is 10.0 Å². The van der Waals surface area contributed by atoms with Crippen LogP contribution in [0.2, 0.25) is 0 Å². The number of benzene rings is 5. The van der Waals surface area contributed by atoms with E-state index in [4.69, 9.17) is 0 Å². The van der Waals surface area contributed by atoms with Crippen molar-refractivity contribution in [1.29, 1.82) is 0 Å². The van der Waals surface area contributed by atoms with Gasteiger partial charge in [0.05, 0.1) is 0 Å². The minimum Gasteiger partial charge on any atom is -0.423 e. The molecule has 7 rings (SSSR count). The van der Waals surface area contributed by atoms with E-state index in [1.165, 1.54) is 49.4 Å². The van der Waals surface area contributed by atoms with Crippen molar-refractivity contribution in [1.82, 2.24) is 4.98 Å². The van der Waals surface area contributed by atoms with Gasteiger partial charge in [0.15, 0.2) is 0 Å². The van der Waals surface area contributed by atoms with Gasteiger partial charge in [0.2, 0.25) is 0 Å². The van der Waals surface area contributed by atoms with Crippen LogP contribution in [-0.2, 0) is 5.41 Å². The molecular formula is C31H24BNO2. The molecule has 0 atom stereocenters. The van der Waals surface area contributed by atoms with Crippen LogP contribution in [0.5, 0.6) is 0 Å². The van der Waals surface area contributed by atoms with Crippen molar-refractivity contribution in [3.63, 3.8) is 0 Å². The van der Waals surface area contributed by atoms with Crippen LogP contribution in [-0.4, -0.2) is 22.2 Å². The first-order valence-electron chi connectivity index (χ1n) is 12.0. The molecule has 0 fully saturated rings. The number of hydrogen-bond donors (Lipinski definition) is 3. The lowest BCUT2D eigenvalue weighted by atomic mass is 9.75. The Morgan fingerprint density at radius 1 is 0.657 bits per heavy atom. The maximum atomic E-state index is 9.70. The van der Waals surface area contributed by atoms with Crippen LogP contribution in [0.25, 0.3) is 54.8 Å². The van der Waals surface area contributed by atoms with E-state index < -0.39 is 7.12 Å². The molecule has 3 N–H and O–H groups in total. The van der Waals surface area contributed by atoms with Crippen LogP contribution in [0.15, 0.2) is 91.0 Å². The largest absolute Gasteiger partial charge is 0.488 e. The third-order valence-corrected chi connectivity index (χ3v) is 7.82. The van der Waals surface area contributed by atoms with Gasteiger partial charge >= 0.3 is 7.12 Å². The second-order valence-electron chi connectivity index (χ2n) is 10.2. The monoisotopic (exact) mass is 453 g/mol. The molecule has 0 spiro atoms. The summed E-state index contributed by atoms with van der Waals surface area (Å²) in [5.41, 5.74) is 9.75. The number of aromatic amines is 1. The molecule has 0 radical (unpaired) electrons. The van der Waals surface area contributed by atoms with E-state index in [0.29, 0.717) is 5.46 Å². The molecule has 5 aromatic carbocycles. The molecule has 1 aliphatic rings. The minimum atomic E-state index is -1.46. The van der Waals surface area contributed by atoms with Crippen molar-refractivity contribution >= 4 is 45.2 Å². The first-order chi connectivity index (χ1) is 16.9. The zero-order valence-electron chi connectivity index (χ0n) is 19.6. The molecular weight excluding hydrogens is 429 g/mol. The van der Waals surface area contributed by atoms with Crippen molar-refractivity contribution in [2.24, 2.45) is 0 Å². The molecule has 6 aromatic rings. The van der Waals surface area contributed by atoms with Crippen molar-refractivity contribution in [2.45, 2.75) is 19.3 Å². The summed E-state index contributed by atoms with van der Waals surface area (Å²) in [5.74, 6) is 0. The highest BCUT2D eigenvalue weighted by Crippen LogP contribution is 2.49. The lowest BCUT2D eigenvalue weighted by Crippen LogP contribution is -2.31. The molecule has 1 heterocycles. The van der Waals surface area contributed by atoms with E-state index in [1.807, 2.05) is 12.1 Å². The standard InChI is InChI=1S/C31H24BNO2/c1-31(2)26-16-20(7-11-23(26)24-12-10-21(32(34)35)17-27(24)31)19-9-13-28-25(15-19)30-22-6-4-3-5-18(22)8-14-29(30)33-28/h3-17,33-35H,1-2H3. The fourth-order valence-electron chi connectivity index (χ4n) is 5.95. The van der Waals surface area contributed by atoms with Crippen LogP contribution in [0.3, 0.4) is 0 Å². The minimum absolute atomic E-state index is 0.230. The summed E-state index contributed by atoms with van der Waals surface area (Å²) in [6.07, 6.45) is 0. The normalized spacial score (nSPS) is 13.9. The van der Waals surface area contributed by atoms with Gasteiger partial charge in [-0.25, -0.2) is 0 Å². The number of fused-ring (bicyclic) bond motifs is 8. The lowest BCUT2D eigenvalue weighted by molar-refractivity contribution is 0.425. The summed E-state index contributed by atoms with van der Waals surface area (Å²) in [7, 11) is -1.46. The van der Waals surface area contributed by atoms with Crippen molar-refractivity contribution in [3.8, 4) is 22.3 Å². The van der Waals surface area contributed by atoms with Gasteiger partial charge in [0, 0.05) is 27.2 Å². The number of H-pyrrole nitrogens is 1. The highest BCUT2D eigenvalue weighted by atomic mass is 16.4. The quantitative estimate of drug-likeness (QED) is 0.277. The summed E-state index contributed by atoms with van der Waals surface area (Å²) < 4.78 is 0. The van der Waals surface area contributed by atoms with Crippen LogP contribution in [0, 0.1) is 0 Å². The van der Waals surface area contributed by atoms with Crippen LogP contribution in [0.4, 0.5) is 0 Å². The molecule has 0 saturated heterocycles. The van der Waals surface area contributed by atoms with Gasteiger partial charge in [0.25, 0.3) is 0 Å². The molecule has 0 aliphatic heterocycles. The zero-order valence-corrected chi connectivity index (χ0v) is 19.6. The fraction of sp³-hybridized carbons (Fsp3) is 0.0968. The summed E-state index contributed by atoms with van der Waals surface area (Å²) >= 11 is 0. The average Bonchev–Trinajstić information content (AvgIpc) is 3.36. The Kier molecular flexibility index (Phi) is 4.15. The Morgan fingerprint density at radius 2 is 1.34 bits per heavy atom. The Hall–Kier alpha value is -3.86. The first-order valence-corrected chi connectivity index (χ1v) is 12.0. The van der Waals surface area contributed by atoms with Gasteiger partial charge < -0.3 is 15.0 Å². The lowest BCUT2D eigenvalue weighted by Gasteiger charge is -2.22. The summed E-state index contributed by atoms with van der Waals surface area (Å²) in [6.45, 7) is 4.42. The molecule has 1 aliphatic carbocycles. The molecule has 1 aromatic heterocycles. The number of rotatable bonds is 2. The van der Waals surface area contributed by atoms with Gasteiger partial charge in [0.1, 0.15) is 0 Å². The molecule has 0 unspecified atom stereocenters. The summed E-state index contributed by atoms with van der Waals surface area (Å²) in [5, 5.41) is 24.4.